The van der Waals surface area contributed by atoms with Gasteiger partial charge in [-0.25, -0.2) is 0 Å². The highest BCUT2D eigenvalue weighted by Gasteiger charge is 1.97. The van der Waals surface area contributed by atoms with Crippen LogP contribution in [0, 0.1) is 0 Å². The third-order valence-corrected chi connectivity index (χ3v) is 2.26. The molecular formula is C11H15ClN2O. The molecule has 4 heteroatoms. The van der Waals surface area contributed by atoms with Gasteiger partial charge in [0.1, 0.15) is 0 Å². The van der Waals surface area contributed by atoms with Gasteiger partial charge in [0.15, 0.2) is 0 Å². The van der Waals surface area contributed by atoms with Crippen molar-refractivity contribution in [1.29, 1.82) is 0 Å². The van der Waals surface area contributed by atoms with Gasteiger partial charge in [-0.05, 0) is 17.7 Å². The molecule has 0 heterocycles. The summed E-state index contributed by atoms with van der Waals surface area (Å²) in [5.74, 6) is 0.0496. The standard InChI is InChI=1S/C11H15ClN2O/c1-13-11(15)5-6-14-8-9-3-2-4-10(12)7-9/h2-4,7,14H,5-6,8H2,1H3,(H,13,15). The Morgan fingerprint density at radius 3 is 2.93 bits per heavy atom. The SMILES string of the molecule is CNC(=O)CCNCc1cccc(Cl)c1. The van der Waals surface area contributed by atoms with Crippen molar-refractivity contribution in [3.8, 4) is 0 Å². The summed E-state index contributed by atoms with van der Waals surface area (Å²) in [4.78, 5) is 10.9. The van der Waals surface area contributed by atoms with Crippen LogP contribution in [0.25, 0.3) is 0 Å². The minimum Gasteiger partial charge on any atom is -0.359 e. The van der Waals surface area contributed by atoms with Crippen LogP contribution in [0.1, 0.15) is 12.0 Å². The predicted octanol–water partition coefficient (Wildman–Crippen LogP) is 1.57. The molecule has 0 aliphatic rings. The first kappa shape index (κ1) is 12.0. The quantitative estimate of drug-likeness (QED) is 0.749. The monoisotopic (exact) mass is 226 g/mol. The fraction of sp³-hybridized carbons (Fsp3) is 0.364. The third-order valence-electron chi connectivity index (χ3n) is 2.03. The molecule has 0 radical (unpaired) electrons. The number of carbonyl (C=O) groups is 1. The summed E-state index contributed by atoms with van der Waals surface area (Å²) < 4.78 is 0. The Morgan fingerprint density at radius 2 is 2.27 bits per heavy atom. The van der Waals surface area contributed by atoms with Crippen molar-refractivity contribution in [2.45, 2.75) is 13.0 Å². The maximum atomic E-state index is 10.9. The first-order valence-corrected chi connectivity index (χ1v) is 5.26. The Hall–Kier alpha value is -1.06. The molecule has 0 saturated carbocycles. The predicted molar refractivity (Wildman–Crippen MR) is 61.8 cm³/mol. The van der Waals surface area contributed by atoms with Crippen LogP contribution in [0.2, 0.25) is 5.02 Å². The lowest BCUT2D eigenvalue weighted by molar-refractivity contribution is -0.120. The van der Waals surface area contributed by atoms with Gasteiger partial charge in [0, 0.05) is 31.6 Å². The summed E-state index contributed by atoms with van der Waals surface area (Å²) in [6, 6.07) is 7.67. The molecule has 1 amide bonds. The Kier molecular flexibility index (Phi) is 5.15. The van der Waals surface area contributed by atoms with E-state index in [0.29, 0.717) is 13.0 Å². The second-order valence-electron chi connectivity index (χ2n) is 3.23. The Balaban J connectivity index is 2.23. The van der Waals surface area contributed by atoms with Crippen LogP contribution < -0.4 is 10.6 Å². The highest BCUT2D eigenvalue weighted by molar-refractivity contribution is 6.30. The van der Waals surface area contributed by atoms with E-state index in [1.54, 1.807) is 7.05 Å². The van der Waals surface area contributed by atoms with Crippen LogP contribution in [0.15, 0.2) is 24.3 Å². The molecule has 1 aromatic carbocycles. The molecule has 0 fully saturated rings. The molecule has 0 aliphatic heterocycles. The number of hydrogen-bond donors (Lipinski definition) is 2. The fourth-order valence-corrected chi connectivity index (χ4v) is 1.42. The van der Waals surface area contributed by atoms with Gasteiger partial charge in [-0.15, -0.1) is 0 Å². The van der Waals surface area contributed by atoms with Crippen LogP contribution in [-0.4, -0.2) is 19.5 Å². The average molecular weight is 227 g/mol. The second-order valence-corrected chi connectivity index (χ2v) is 3.67. The molecular weight excluding hydrogens is 212 g/mol. The largest absolute Gasteiger partial charge is 0.359 e. The molecule has 2 N–H and O–H groups in total. The van der Waals surface area contributed by atoms with E-state index in [1.165, 1.54) is 0 Å². The van der Waals surface area contributed by atoms with Crippen molar-refractivity contribution in [3.63, 3.8) is 0 Å². The lowest BCUT2D eigenvalue weighted by Crippen LogP contribution is -2.24. The zero-order chi connectivity index (χ0) is 11.1. The number of halogens is 1. The molecule has 3 nitrogen and oxygen atoms in total. The molecule has 0 aliphatic carbocycles. The first-order chi connectivity index (χ1) is 7.22. The zero-order valence-electron chi connectivity index (χ0n) is 8.72. The van der Waals surface area contributed by atoms with Crippen molar-refractivity contribution >= 4 is 17.5 Å². The number of hydrogen-bond acceptors (Lipinski definition) is 2. The molecule has 1 rings (SSSR count). The van der Waals surface area contributed by atoms with E-state index in [1.807, 2.05) is 24.3 Å². The van der Waals surface area contributed by atoms with E-state index in [2.05, 4.69) is 10.6 Å². The molecule has 0 unspecified atom stereocenters. The van der Waals surface area contributed by atoms with Crippen LogP contribution >= 0.6 is 11.6 Å². The molecule has 0 spiro atoms. The molecule has 0 bridgehead atoms. The number of amides is 1. The van der Waals surface area contributed by atoms with Gasteiger partial charge < -0.3 is 10.6 Å². The van der Waals surface area contributed by atoms with E-state index in [4.69, 9.17) is 11.6 Å². The second kappa shape index (κ2) is 6.43. The van der Waals surface area contributed by atoms with Crippen LogP contribution in [0.4, 0.5) is 0 Å². The van der Waals surface area contributed by atoms with Gasteiger partial charge in [0.2, 0.25) is 5.91 Å². The smallest absolute Gasteiger partial charge is 0.221 e. The third kappa shape index (κ3) is 4.81. The highest BCUT2D eigenvalue weighted by Crippen LogP contribution is 2.09. The normalized spacial score (nSPS) is 10.0. The van der Waals surface area contributed by atoms with E-state index < -0.39 is 0 Å². The van der Waals surface area contributed by atoms with E-state index in [-0.39, 0.29) is 5.91 Å². The number of nitrogens with one attached hydrogen (secondary N) is 2. The summed E-state index contributed by atoms with van der Waals surface area (Å²) in [6.07, 6.45) is 0.497. The highest BCUT2D eigenvalue weighted by atomic mass is 35.5. The lowest BCUT2D eigenvalue weighted by atomic mass is 10.2. The van der Waals surface area contributed by atoms with Gasteiger partial charge in [0.05, 0.1) is 0 Å². The number of rotatable bonds is 5. The molecule has 82 valence electrons. The summed E-state index contributed by atoms with van der Waals surface area (Å²) in [7, 11) is 1.64. The van der Waals surface area contributed by atoms with E-state index in [0.717, 1.165) is 17.1 Å². The van der Waals surface area contributed by atoms with Crippen molar-refractivity contribution in [1.82, 2.24) is 10.6 Å². The minimum atomic E-state index is 0.0496. The summed E-state index contributed by atoms with van der Waals surface area (Å²) in [5, 5.41) is 6.48. The molecule has 0 aromatic heterocycles. The summed E-state index contributed by atoms with van der Waals surface area (Å²) >= 11 is 5.84. The van der Waals surface area contributed by atoms with Gasteiger partial charge in [-0.1, -0.05) is 23.7 Å². The topological polar surface area (TPSA) is 41.1 Å². The van der Waals surface area contributed by atoms with Crippen LogP contribution in [0.3, 0.4) is 0 Å². The minimum absolute atomic E-state index is 0.0496. The van der Waals surface area contributed by atoms with Crippen LogP contribution in [-0.2, 0) is 11.3 Å². The van der Waals surface area contributed by atoms with Crippen molar-refractivity contribution < 1.29 is 4.79 Å². The van der Waals surface area contributed by atoms with Crippen LogP contribution in [0.5, 0.6) is 0 Å². The molecule has 0 saturated heterocycles. The zero-order valence-corrected chi connectivity index (χ0v) is 9.47. The van der Waals surface area contributed by atoms with Gasteiger partial charge in [-0.3, -0.25) is 4.79 Å². The number of benzene rings is 1. The number of carbonyl (C=O) groups excluding carboxylic acids is 1. The van der Waals surface area contributed by atoms with Crippen molar-refractivity contribution in [3.05, 3.63) is 34.9 Å². The molecule has 0 atom stereocenters. The van der Waals surface area contributed by atoms with E-state index >= 15 is 0 Å². The average Bonchev–Trinajstić information content (AvgIpc) is 2.24. The lowest BCUT2D eigenvalue weighted by Gasteiger charge is -2.04. The Bertz CT molecular complexity index is 328. The van der Waals surface area contributed by atoms with Crippen molar-refractivity contribution in [2.24, 2.45) is 0 Å². The maximum Gasteiger partial charge on any atom is 0.221 e. The van der Waals surface area contributed by atoms with E-state index in [9.17, 15) is 4.79 Å². The van der Waals surface area contributed by atoms with Gasteiger partial charge in [-0.2, -0.15) is 0 Å². The van der Waals surface area contributed by atoms with Gasteiger partial charge >= 0.3 is 0 Å². The molecule has 1 aromatic rings. The molecule has 15 heavy (non-hydrogen) atoms. The van der Waals surface area contributed by atoms with Gasteiger partial charge in [0.25, 0.3) is 0 Å². The fourth-order valence-electron chi connectivity index (χ4n) is 1.21. The Labute approximate surface area is 94.8 Å². The van der Waals surface area contributed by atoms with Crippen molar-refractivity contribution in [2.75, 3.05) is 13.6 Å². The summed E-state index contributed by atoms with van der Waals surface area (Å²) in [6.45, 7) is 1.41. The summed E-state index contributed by atoms with van der Waals surface area (Å²) in [5.41, 5.74) is 1.12. The maximum absolute atomic E-state index is 10.9. The Morgan fingerprint density at radius 1 is 1.47 bits per heavy atom. The first-order valence-electron chi connectivity index (χ1n) is 4.88.